The van der Waals surface area contributed by atoms with Crippen molar-refractivity contribution >= 4 is 27.3 Å². The van der Waals surface area contributed by atoms with Gasteiger partial charge in [-0.25, -0.2) is 0 Å². The Labute approximate surface area is 108 Å². The number of aliphatic hydroxyl groups is 1. The quantitative estimate of drug-likeness (QED) is 0.880. The Morgan fingerprint density at radius 3 is 2.31 bits per heavy atom. The van der Waals surface area contributed by atoms with Gasteiger partial charge < -0.3 is 5.11 Å². The van der Waals surface area contributed by atoms with Gasteiger partial charge in [-0.15, -0.1) is 11.3 Å². The molecule has 0 radical (unpaired) electrons. The number of aliphatic hydroxyl groups excluding tert-OH is 1. The summed E-state index contributed by atoms with van der Waals surface area (Å²) in [6.45, 7) is 4.08. The summed E-state index contributed by atoms with van der Waals surface area (Å²) in [7, 11) is 0. The second-order valence-corrected chi connectivity index (χ2v) is 6.32. The van der Waals surface area contributed by atoms with Crippen LogP contribution in [0.1, 0.15) is 27.7 Å². The zero-order chi connectivity index (χ0) is 11.7. The first kappa shape index (κ1) is 11.8. The van der Waals surface area contributed by atoms with Crippen LogP contribution in [0.25, 0.3) is 0 Å². The van der Waals surface area contributed by atoms with Crippen molar-refractivity contribution in [3.63, 3.8) is 0 Å². The summed E-state index contributed by atoms with van der Waals surface area (Å²) in [4.78, 5) is 0.980. The van der Waals surface area contributed by atoms with Crippen LogP contribution >= 0.6 is 27.3 Å². The lowest BCUT2D eigenvalue weighted by Gasteiger charge is -2.08. The predicted molar refractivity (Wildman–Crippen MR) is 72.0 cm³/mol. The van der Waals surface area contributed by atoms with Gasteiger partial charge in [0.1, 0.15) is 6.10 Å². The molecule has 2 aromatic rings. The Hall–Kier alpha value is -0.640. The average molecular weight is 297 g/mol. The molecule has 0 aliphatic heterocycles. The Kier molecular flexibility index (Phi) is 3.47. The third-order valence-electron chi connectivity index (χ3n) is 2.54. The van der Waals surface area contributed by atoms with Crippen molar-refractivity contribution < 1.29 is 5.11 Å². The maximum absolute atomic E-state index is 10.2. The lowest BCUT2D eigenvalue weighted by molar-refractivity contribution is 0.224. The highest BCUT2D eigenvalue weighted by Crippen LogP contribution is 2.34. The second-order valence-electron chi connectivity index (χ2n) is 3.92. The van der Waals surface area contributed by atoms with Crippen LogP contribution in [0, 0.1) is 13.8 Å². The zero-order valence-electron chi connectivity index (χ0n) is 9.20. The molecule has 3 heteroatoms. The molecule has 1 N–H and O–H groups in total. The van der Waals surface area contributed by atoms with Gasteiger partial charge in [0.25, 0.3) is 0 Å². The molecular weight excluding hydrogens is 284 g/mol. The van der Waals surface area contributed by atoms with E-state index in [9.17, 15) is 5.11 Å². The van der Waals surface area contributed by atoms with E-state index in [1.54, 1.807) is 11.3 Å². The molecule has 0 saturated heterocycles. The van der Waals surface area contributed by atoms with Gasteiger partial charge in [-0.3, -0.25) is 0 Å². The van der Waals surface area contributed by atoms with Gasteiger partial charge in [-0.1, -0.05) is 29.8 Å². The fourth-order valence-corrected chi connectivity index (χ4v) is 3.12. The van der Waals surface area contributed by atoms with Crippen LogP contribution < -0.4 is 0 Å². The summed E-state index contributed by atoms with van der Waals surface area (Å²) in [5.41, 5.74) is 3.32. The number of rotatable bonds is 2. The molecule has 84 valence electrons. The van der Waals surface area contributed by atoms with E-state index in [2.05, 4.69) is 15.9 Å². The lowest BCUT2D eigenvalue weighted by atomic mass is 10.1. The number of benzene rings is 1. The van der Waals surface area contributed by atoms with Crippen molar-refractivity contribution in [3.05, 3.63) is 55.7 Å². The summed E-state index contributed by atoms with van der Waals surface area (Å²) >= 11 is 5.06. The van der Waals surface area contributed by atoms with E-state index in [1.165, 1.54) is 11.1 Å². The van der Waals surface area contributed by atoms with Gasteiger partial charge in [0, 0.05) is 4.88 Å². The molecule has 1 unspecified atom stereocenters. The van der Waals surface area contributed by atoms with Crippen molar-refractivity contribution in [2.45, 2.75) is 20.0 Å². The molecule has 0 aliphatic carbocycles. The molecule has 0 amide bonds. The smallest absolute Gasteiger partial charge is 0.113 e. The molecule has 0 fully saturated rings. The van der Waals surface area contributed by atoms with Gasteiger partial charge in [-0.2, -0.15) is 0 Å². The zero-order valence-corrected chi connectivity index (χ0v) is 11.6. The fraction of sp³-hybridized carbons (Fsp3) is 0.231. The van der Waals surface area contributed by atoms with Crippen LogP contribution in [0.3, 0.4) is 0 Å². The molecule has 1 atom stereocenters. The van der Waals surface area contributed by atoms with Crippen LogP contribution in [0.4, 0.5) is 0 Å². The van der Waals surface area contributed by atoms with Crippen molar-refractivity contribution in [1.29, 1.82) is 0 Å². The van der Waals surface area contributed by atoms with Gasteiger partial charge in [0.2, 0.25) is 0 Å². The van der Waals surface area contributed by atoms with E-state index in [0.717, 1.165) is 14.2 Å². The molecule has 1 aromatic heterocycles. The van der Waals surface area contributed by atoms with E-state index < -0.39 is 6.10 Å². The minimum atomic E-state index is -0.518. The fourth-order valence-electron chi connectivity index (χ4n) is 1.53. The Morgan fingerprint density at radius 2 is 1.81 bits per heavy atom. The van der Waals surface area contributed by atoms with Crippen molar-refractivity contribution in [2.24, 2.45) is 0 Å². The van der Waals surface area contributed by atoms with Crippen LogP contribution in [0.2, 0.25) is 0 Å². The maximum Gasteiger partial charge on any atom is 0.113 e. The van der Waals surface area contributed by atoms with Crippen molar-refractivity contribution in [3.8, 4) is 0 Å². The Morgan fingerprint density at radius 1 is 1.19 bits per heavy atom. The molecule has 0 bridgehead atoms. The van der Waals surface area contributed by atoms with E-state index in [4.69, 9.17) is 0 Å². The van der Waals surface area contributed by atoms with Gasteiger partial charge >= 0.3 is 0 Å². The van der Waals surface area contributed by atoms with Crippen molar-refractivity contribution in [1.82, 2.24) is 0 Å². The molecule has 2 rings (SSSR count). The van der Waals surface area contributed by atoms with Gasteiger partial charge in [-0.05, 0) is 47.0 Å². The summed E-state index contributed by atoms with van der Waals surface area (Å²) in [5.74, 6) is 0. The topological polar surface area (TPSA) is 20.2 Å². The molecule has 1 nitrogen and oxygen atoms in total. The van der Waals surface area contributed by atoms with E-state index in [-0.39, 0.29) is 0 Å². The molecule has 1 heterocycles. The van der Waals surface area contributed by atoms with E-state index in [0.29, 0.717) is 0 Å². The molecule has 16 heavy (non-hydrogen) atoms. The number of aryl methyl sites for hydroxylation is 2. The summed E-state index contributed by atoms with van der Waals surface area (Å²) in [6, 6.07) is 10.0. The molecule has 0 aliphatic rings. The summed E-state index contributed by atoms with van der Waals surface area (Å²) in [5, 5.41) is 10.2. The third kappa shape index (κ3) is 2.37. The summed E-state index contributed by atoms with van der Waals surface area (Å²) < 4.78 is 1.09. The first-order valence-corrected chi connectivity index (χ1v) is 6.69. The number of hydrogen-bond donors (Lipinski definition) is 1. The molecule has 0 saturated carbocycles. The van der Waals surface area contributed by atoms with Gasteiger partial charge in [0.15, 0.2) is 0 Å². The number of hydrogen-bond acceptors (Lipinski definition) is 2. The highest BCUT2D eigenvalue weighted by Gasteiger charge is 2.14. The van der Waals surface area contributed by atoms with Crippen LogP contribution in [-0.2, 0) is 0 Å². The third-order valence-corrected chi connectivity index (χ3v) is 4.73. The van der Waals surface area contributed by atoms with Crippen LogP contribution in [0.5, 0.6) is 0 Å². The highest BCUT2D eigenvalue weighted by molar-refractivity contribution is 9.11. The minimum absolute atomic E-state index is 0.518. The first-order chi connectivity index (χ1) is 7.58. The largest absolute Gasteiger partial charge is 0.383 e. The Balaban J connectivity index is 2.31. The molecule has 1 aromatic carbocycles. The normalized spacial score (nSPS) is 12.8. The van der Waals surface area contributed by atoms with E-state index in [1.807, 2.05) is 44.2 Å². The highest BCUT2D eigenvalue weighted by atomic mass is 79.9. The van der Waals surface area contributed by atoms with Gasteiger partial charge in [0.05, 0.1) is 3.79 Å². The SMILES string of the molecule is Cc1ccc(C(O)c2cc(C)c(Br)s2)cc1. The monoisotopic (exact) mass is 296 g/mol. The average Bonchev–Trinajstić information content (AvgIpc) is 2.59. The Bertz CT molecular complexity index is 468. The van der Waals surface area contributed by atoms with Crippen LogP contribution in [0.15, 0.2) is 34.1 Å². The second kappa shape index (κ2) is 4.70. The van der Waals surface area contributed by atoms with Crippen LogP contribution in [-0.4, -0.2) is 5.11 Å². The van der Waals surface area contributed by atoms with Crippen molar-refractivity contribution in [2.75, 3.05) is 0 Å². The maximum atomic E-state index is 10.2. The molecule has 0 spiro atoms. The number of halogens is 1. The number of thiophene rings is 1. The summed E-state index contributed by atoms with van der Waals surface area (Å²) in [6.07, 6.45) is -0.518. The lowest BCUT2D eigenvalue weighted by Crippen LogP contribution is -1.96. The van der Waals surface area contributed by atoms with E-state index >= 15 is 0 Å². The first-order valence-electron chi connectivity index (χ1n) is 5.08. The molecular formula is C13H13BrOS. The predicted octanol–water partition coefficient (Wildman–Crippen LogP) is 4.21. The standard InChI is InChI=1S/C13H13BrOS/c1-8-3-5-10(6-4-8)12(15)11-7-9(2)13(14)16-11/h3-7,12,15H,1-2H3. The minimum Gasteiger partial charge on any atom is -0.383 e.